The molecule has 0 aliphatic carbocycles. The van der Waals surface area contributed by atoms with E-state index >= 15 is 0 Å². The van der Waals surface area contributed by atoms with Crippen LogP contribution in [0.4, 0.5) is 13.2 Å². The fourth-order valence-electron chi connectivity index (χ4n) is 1.83. The fraction of sp³-hybridized carbons (Fsp3) is 0.133. The Morgan fingerprint density at radius 3 is 2.25 bits per heavy atom. The third kappa shape index (κ3) is 2.66. The number of carbonyl (C=O) groups is 1. The smallest absolute Gasteiger partial charge is 0.194 e. The third-order valence-corrected chi connectivity index (χ3v) is 2.75. The first kappa shape index (κ1) is 14.1. The second-order valence-electron chi connectivity index (χ2n) is 4.06. The van der Waals surface area contributed by atoms with Gasteiger partial charge >= 0.3 is 0 Å². The molecule has 0 N–H and O–H groups in total. The van der Waals surface area contributed by atoms with Crippen LogP contribution in [0.15, 0.2) is 30.3 Å². The number of aldehydes is 1. The number of hydrogen-bond donors (Lipinski definition) is 0. The summed E-state index contributed by atoms with van der Waals surface area (Å²) in [4.78, 5) is 11.0. The second kappa shape index (κ2) is 5.77. The first-order valence-corrected chi connectivity index (χ1v) is 5.93. The molecule has 2 rings (SSSR count). The Morgan fingerprint density at radius 1 is 1.05 bits per heavy atom. The molecule has 0 aromatic heterocycles. The minimum absolute atomic E-state index is 0.146. The van der Waals surface area contributed by atoms with Crippen LogP contribution in [0.2, 0.25) is 0 Å². The summed E-state index contributed by atoms with van der Waals surface area (Å²) >= 11 is 0. The average molecular weight is 280 g/mol. The van der Waals surface area contributed by atoms with Gasteiger partial charge in [0.15, 0.2) is 23.7 Å². The normalized spacial score (nSPS) is 10.4. The maximum Gasteiger partial charge on any atom is 0.194 e. The van der Waals surface area contributed by atoms with E-state index in [4.69, 9.17) is 4.74 Å². The van der Waals surface area contributed by atoms with Crippen LogP contribution in [0.5, 0.6) is 5.75 Å². The Morgan fingerprint density at radius 2 is 1.70 bits per heavy atom. The number of benzene rings is 2. The highest BCUT2D eigenvalue weighted by molar-refractivity contribution is 5.83. The molecule has 5 heteroatoms. The lowest BCUT2D eigenvalue weighted by Gasteiger charge is -2.09. The first-order valence-electron chi connectivity index (χ1n) is 5.93. The van der Waals surface area contributed by atoms with Gasteiger partial charge < -0.3 is 4.74 Å². The van der Waals surface area contributed by atoms with E-state index in [1.165, 1.54) is 12.1 Å². The number of carbonyl (C=O) groups excluding carboxylic acids is 1. The lowest BCUT2D eigenvalue weighted by molar-refractivity contribution is 0.112. The molecule has 0 atom stereocenters. The van der Waals surface area contributed by atoms with Crippen molar-refractivity contribution in [3.05, 3.63) is 53.3 Å². The van der Waals surface area contributed by atoms with Crippen molar-refractivity contribution in [2.45, 2.75) is 6.92 Å². The molecule has 0 aliphatic heterocycles. The third-order valence-electron chi connectivity index (χ3n) is 2.75. The summed E-state index contributed by atoms with van der Waals surface area (Å²) in [5.74, 6) is -3.69. The van der Waals surface area contributed by atoms with E-state index in [0.29, 0.717) is 24.2 Å². The van der Waals surface area contributed by atoms with Gasteiger partial charge in [-0.05, 0) is 42.3 Å². The first-order chi connectivity index (χ1) is 9.56. The summed E-state index contributed by atoms with van der Waals surface area (Å²) < 4.78 is 44.6. The molecule has 2 aromatic carbocycles. The molecule has 0 unspecified atom stereocenters. The van der Waals surface area contributed by atoms with Gasteiger partial charge in [0, 0.05) is 0 Å². The van der Waals surface area contributed by atoms with E-state index in [-0.39, 0.29) is 11.1 Å². The van der Waals surface area contributed by atoms with Gasteiger partial charge in [-0.2, -0.15) is 0 Å². The van der Waals surface area contributed by atoms with Gasteiger partial charge in [0.1, 0.15) is 5.75 Å². The van der Waals surface area contributed by atoms with Crippen LogP contribution in [-0.4, -0.2) is 12.9 Å². The molecular formula is C15H11F3O2. The van der Waals surface area contributed by atoms with Crippen molar-refractivity contribution in [3.8, 4) is 16.9 Å². The van der Waals surface area contributed by atoms with E-state index in [1.54, 1.807) is 13.0 Å². The van der Waals surface area contributed by atoms with Gasteiger partial charge in [-0.15, -0.1) is 0 Å². The maximum absolute atomic E-state index is 13.2. The van der Waals surface area contributed by atoms with Crippen LogP contribution < -0.4 is 4.74 Å². The van der Waals surface area contributed by atoms with Crippen molar-refractivity contribution in [3.63, 3.8) is 0 Å². The van der Waals surface area contributed by atoms with Gasteiger partial charge in [0.2, 0.25) is 0 Å². The molecule has 104 valence electrons. The van der Waals surface area contributed by atoms with Gasteiger partial charge in [-0.1, -0.05) is 6.07 Å². The van der Waals surface area contributed by atoms with E-state index in [0.717, 1.165) is 12.1 Å². The predicted molar refractivity (Wildman–Crippen MR) is 68.3 cm³/mol. The zero-order valence-corrected chi connectivity index (χ0v) is 10.6. The predicted octanol–water partition coefficient (Wildman–Crippen LogP) is 3.98. The minimum atomic E-state index is -1.52. The zero-order chi connectivity index (χ0) is 14.7. The van der Waals surface area contributed by atoms with Gasteiger partial charge in [0.25, 0.3) is 0 Å². The second-order valence-corrected chi connectivity index (χ2v) is 4.06. The maximum atomic E-state index is 13.2. The summed E-state index contributed by atoms with van der Waals surface area (Å²) in [5.41, 5.74) is 0.801. The number of ether oxygens (including phenoxy) is 1. The Hall–Kier alpha value is -2.30. The molecular weight excluding hydrogens is 269 g/mol. The van der Waals surface area contributed by atoms with Crippen molar-refractivity contribution < 1.29 is 22.7 Å². The van der Waals surface area contributed by atoms with Crippen molar-refractivity contribution in [1.29, 1.82) is 0 Å². The average Bonchev–Trinajstić information content (AvgIpc) is 2.45. The number of hydrogen-bond acceptors (Lipinski definition) is 2. The van der Waals surface area contributed by atoms with Crippen molar-refractivity contribution in [2.24, 2.45) is 0 Å². The van der Waals surface area contributed by atoms with Gasteiger partial charge in [-0.25, -0.2) is 13.2 Å². The Kier molecular flexibility index (Phi) is 4.08. The monoisotopic (exact) mass is 280 g/mol. The molecule has 0 fully saturated rings. The molecule has 0 heterocycles. The highest BCUT2D eigenvalue weighted by Gasteiger charge is 2.13. The van der Waals surface area contributed by atoms with Crippen molar-refractivity contribution in [1.82, 2.24) is 0 Å². The zero-order valence-electron chi connectivity index (χ0n) is 10.6. The molecule has 0 spiro atoms. The summed E-state index contributed by atoms with van der Waals surface area (Å²) in [6, 6.07) is 6.27. The van der Waals surface area contributed by atoms with Crippen molar-refractivity contribution in [2.75, 3.05) is 6.61 Å². The fourth-order valence-corrected chi connectivity index (χ4v) is 1.83. The molecule has 0 bridgehead atoms. The molecule has 0 saturated carbocycles. The van der Waals surface area contributed by atoms with Crippen molar-refractivity contribution >= 4 is 6.29 Å². The quantitative estimate of drug-likeness (QED) is 0.625. The Bertz CT molecular complexity index is 631. The van der Waals surface area contributed by atoms with Crippen LogP contribution in [0, 0.1) is 17.5 Å². The lowest BCUT2D eigenvalue weighted by atomic mass is 10.0. The topological polar surface area (TPSA) is 26.3 Å². The highest BCUT2D eigenvalue weighted by Crippen LogP contribution is 2.28. The van der Waals surface area contributed by atoms with Crippen LogP contribution in [0.1, 0.15) is 17.3 Å². The van der Waals surface area contributed by atoms with Crippen LogP contribution in [0.25, 0.3) is 11.1 Å². The molecule has 2 aromatic rings. The standard InChI is InChI=1S/C15H11F3O2/c1-2-20-14-4-3-9(5-11(14)8-19)10-6-12(16)15(18)13(17)7-10/h3-8H,2H2,1H3. The summed E-state index contributed by atoms with van der Waals surface area (Å²) in [5, 5.41) is 0. The molecule has 20 heavy (non-hydrogen) atoms. The largest absolute Gasteiger partial charge is 0.493 e. The summed E-state index contributed by atoms with van der Waals surface area (Å²) in [7, 11) is 0. The van der Waals surface area contributed by atoms with Gasteiger partial charge in [-0.3, -0.25) is 4.79 Å². The van der Waals surface area contributed by atoms with Crippen LogP contribution in [-0.2, 0) is 0 Å². The lowest BCUT2D eigenvalue weighted by Crippen LogP contribution is -1.97. The molecule has 2 nitrogen and oxygen atoms in total. The Balaban J connectivity index is 2.50. The SMILES string of the molecule is CCOc1ccc(-c2cc(F)c(F)c(F)c2)cc1C=O. The molecule has 0 amide bonds. The van der Waals surface area contributed by atoms with Crippen LogP contribution >= 0.6 is 0 Å². The van der Waals surface area contributed by atoms with Crippen LogP contribution in [0.3, 0.4) is 0 Å². The molecule has 0 aliphatic rings. The number of rotatable bonds is 4. The Labute approximate surface area is 113 Å². The van der Waals surface area contributed by atoms with E-state index < -0.39 is 17.5 Å². The molecule has 0 saturated heterocycles. The highest BCUT2D eigenvalue weighted by atomic mass is 19.2. The van der Waals surface area contributed by atoms with E-state index in [9.17, 15) is 18.0 Å². The van der Waals surface area contributed by atoms with E-state index in [2.05, 4.69) is 0 Å². The number of halogens is 3. The van der Waals surface area contributed by atoms with Gasteiger partial charge in [0.05, 0.1) is 12.2 Å². The van der Waals surface area contributed by atoms with E-state index in [1.807, 2.05) is 0 Å². The summed E-state index contributed by atoms with van der Waals surface area (Å²) in [6.07, 6.45) is 0.588. The molecule has 0 radical (unpaired) electrons. The minimum Gasteiger partial charge on any atom is -0.493 e. The summed E-state index contributed by atoms with van der Waals surface area (Å²) in [6.45, 7) is 2.16.